The van der Waals surface area contributed by atoms with Crippen molar-refractivity contribution < 1.29 is 4.74 Å². The van der Waals surface area contributed by atoms with Crippen LogP contribution < -0.4 is 5.32 Å². The zero-order valence-corrected chi connectivity index (χ0v) is 9.75. The summed E-state index contributed by atoms with van der Waals surface area (Å²) in [5, 5.41) is 3.49. The molecule has 84 valence electrons. The Bertz CT molecular complexity index is 146. The topological polar surface area (TPSA) is 24.5 Å². The number of nitrogens with one attached hydrogen (secondary N) is 1. The molecule has 0 amide bonds. The molecule has 0 aliphatic heterocycles. The van der Waals surface area contributed by atoms with Crippen molar-refractivity contribution in [3.8, 4) is 0 Å². The second-order valence-corrected chi connectivity index (χ2v) is 4.50. The van der Waals surface area contributed by atoms with Gasteiger partial charge in [0.15, 0.2) is 0 Å². The van der Waals surface area contributed by atoms with Crippen LogP contribution in [0.1, 0.15) is 19.8 Å². The van der Waals surface area contributed by atoms with Crippen LogP contribution in [-0.2, 0) is 4.74 Å². The van der Waals surface area contributed by atoms with Gasteiger partial charge in [-0.25, -0.2) is 0 Å². The molecule has 0 aromatic heterocycles. The summed E-state index contributed by atoms with van der Waals surface area (Å²) in [4.78, 5) is 2.14. The Morgan fingerprint density at radius 3 is 2.64 bits per heavy atom. The summed E-state index contributed by atoms with van der Waals surface area (Å²) < 4.78 is 5.49. The summed E-state index contributed by atoms with van der Waals surface area (Å²) >= 11 is 0. The Morgan fingerprint density at radius 2 is 2.07 bits per heavy atom. The summed E-state index contributed by atoms with van der Waals surface area (Å²) in [6.45, 7) is 5.96. The van der Waals surface area contributed by atoms with Crippen molar-refractivity contribution >= 4 is 0 Å². The molecular weight excluding hydrogens is 176 g/mol. The average Bonchev–Trinajstić information content (AvgIpc) is 2.92. The summed E-state index contributed by atoms with van der Waals surface area (Å²) in [7, 11) is 4.13. The molecule has 1 atom stereocenters. The molecule has 0 heterocycles. The molecule has 3 heteroatoms. The molecule has 0 aromatic rings. The van der Waals surface area contributed by atoms with Crippen molar-refractivity contribution in [2.24, 2.45) is 5.92 Å². The normalized spacial score (nSPS) is 18.9. The Balaban J connectivity index is 1.79. The minimum Gasteiger partial charge on any atom is -0.379 e. The molecule has 0 saturated heterocycles. The van der Waals surface area contributed by atoms with Crippen molar-refractivity contribution in [2.75, 3.05) is 40.4 Å². The maximum atomic E-state index is 5.49. The van der Waals surface area contributed by atoms with Crippen LogP contribution in [-0.4, -0.2) is 51.3 Å². The number of nitrogens with zero attached hydrogens (tertiary/aromatic N) is 1. The molecule has 0 aromatic carbocycles. The summed E-state index contributed by atoms with van der Waals surface area (Å²) in [5.74, 6) is 0.941. The Labute approximate surface area is 87.8 Å². The Kier molecular flexibility index (Phi) is 5.45. The first-order valence-electron chi connectivity index (χ1n) is 5.66. The second kappa shape index (κ2) is 6.38. The quantitative estimate of drug-likeness (QED) is 0.591. The van der Waals surface area contributed by atoms with Crippen molar-refractivity contribution in [3.63, 3.8) is 0 Å². The predicted octanol–water partition coefficient (Wildman–Crippen LogP) is 0.953. The lowest BCUT2D eigenvalue weighted by Crippen LogP contribution is -2.31. The molecular formula is C11H24N2O. The van der Waals surface area contributed by atoms with Crippen LogP contribution in [0.15, 0.2) is 0 Å². The van der Waals surface area contributed by atoms with Gasteiger partial charge in [-0.1, -0.05) is 0 Å². The fraction of sp³-hybridized carbons (Fsp3) is 1.00. The Morgan fingerprint density at radius 1 is 1.36 bits per heavy atom. The van der Waals surface area contributed by atoms with Crippen LogP contribution in [0.5, 0.6) is 0 Å². The van der Waals surface area contributed by atoms with Gasteiger partial charge in [-0.15, -0.1) is 0 Å². The van der Waals surface area contributed by atoms with Gasteiger partial charge in [0, 0.05) is 19.1 Å². The van der Waals surface area contributed by atoms with Gasteiger partial charge in [0.2, 0.25) is 0 Å². The molecule has 1 aliphatic carbocycles. The maximum Gasteiger partial charge on any atom is 0.0593 e. The van der Waals surface area contributed by atoms with Gasteiger partial charge in [0.25, 0.3) is 0 Å². The molecule has 1 aliphatic rings. The molecule has 1 saturated carbocycles. The van der Waals surface area contributed by atoms with E-state index in [2.05, 4.69) is 31.2 Å². The monoisotopic (exact) mass is 200 g/mol. The fourth-order valence-corrected chi connectivity index (χ4v) is 1.47. The summed E-state index contributed by atoms with van der Waals surface area (Å²) in [5.41, 5.74) is 0. The molecule has 0 radical (unpaired) electrons. The van der Waals surface area contributed by atoms with E-state index in [1.807, 2.05) is 0 Å². The number of ether oxygens (including phenoxy) is 1. The van der Waals surface area contributed by atoms with E-state index in [0.29, 0.717) is 6.04 Å². The number of hydrogen-bond donors (Lipinski definition) is 1. The van der Waals surface area contributed by atoms with E-state index in [4.69, 9.17) is 4.74 Å². The molecule has 3 nitrogen and oxygen atoms in total. The highest BCUT2D eigenvalue weighted by Crippen LogP contribution is 2.32. The van der Waals surface area contributed by atoms with E-state index >= 15 is 0 Å². The fourth-order valence-electron chi connectivity index (χ4n) is 1.47. The van der Waals surface area contributed by atoms with Gasteiger partial charge in [-0.05, 0) is 39.8 Å². The van der Waals surface area contributed by atoms with Crippen LogP contribution >= 0.6 is 0 Å². The van der Waals surface area contributed by atoms with Gasteiger partial charge < -0.3 is 15.0 Å². The van der Waals surface area contributed by atoms with Gasteiger partial charge >= 0.3 is 0 Å². The molecule has 1 rings (SSSR count). The third-order valence-corrected chi connectivity index (χ3v) is 2.72. The standard InChI is InChI=1S/C11H24N2O/c1-10(11-4-5-11)12-6-8-14-9-7-13(2)3/h10-12H,4-9H2,1-3H3. The van der Waals surface area contributed by atoms with Crippen molar-refractivity contribution in [2.45, 2.75) is 25.8 Å². The highest BCUT2D eigenvalue weighted by Gasteiger charge is 2.26. The smallest absolute Gasteiger partial charge is 0.0593 e. The first-order chi connectivity index (χ1) is 6.70. The first kappa shape index (κ1) is 12.0. The van der Waals surface area contributed by atoms with E-state index in [1.54, 1.807) is 0 Å². The molecule has 1 fully saturated rings. The lowest BCUT2D eigenvalue weighted by atomic mass is 10.2. The largest absolute Gasteiger partial charge is 0.379 e. The van der Waals surface area contributed by atoms with Gasteiger partial charge in [0.05, 0.1) is 13.2 Å². The molecule has 1 N–H and O–H groups in total. The van der Waals surface area contributed by atoms with Crippen molar-refractivity contribution in [1.29, 1.82) is 0 Å². The van der Waals surface area contributed by atoms with Crippen LogP contribution in [0, 0.1) is 5.92 Å². The highest BCUT2D eigenvalue weighted by molar-refractivity contribution is 4.82. The van der Waals surface area contributed by atoms with E-state index in [9.17, 15) is 0 Å². The zero-order chi connectivity index (χ0) is 10.4. The lowest BCUT2D eigenvalue weighted by Gasteiger charge is -2.13. The molecule has 0 bridgehead atoms. The van der Waals surface area contributed by atoms with Crippen LogP contribution in [0.25, 0.3) is 0 Å². The second-order valence-electron chi connectivity index (χ2n) is 4.50. The minimum absolute atomic E-state index is 0.687. The predicted molar refractivity (Wildman–Crippen MR) is 59.6 cm³/mol. The summed E-state index contributed by atoms with van der Waals surface area (Å²) in [6.07, 6.45) is 2.82. The highest BCUT2D eigenvalue weighted by atomic mass is 16.5. The van der Waals surface area contributed by atoms with E-state index < -0.39 is 0 Å². The van der Waals surface area contributed by atoms with Gasteiger partial charge in [-0.2, -0.15) is 0 Å². The van der Waals surface area contributed by atoms with E-state index in [-0.39, 0.29) is 0 Å². The Hall–Kier alpha value is -0.120. The third kappa shape index (κ3) is 5.58. The first-order valence-corrected chi connectivity index (χ1v) is 5.66. The summed E-state index contributed by atoms with van der Waals surface area (Å²) in [6, 6.07) is 0.687. The number of likely N-dealkylation sites (N-methyl/N-ethyl adjacent to an activating group) is 1. The van der Waals surface area contributed by atoms with Crippen molar-refractivity contribution in [1.82, 2.24) is 10.2 Å². The van der Waals surface area contributed by atoms with Crippen LogP contribution in [0.2, 0.25) is 0 Å². The molecule has 1 unspecified atom stereocenters. The number of hydrogen-bond acceptors (Lipinski definition) is 3. The van der Waals surface area contributed by atoms with Crippen LogP contribution in [0.3, 0.4) is 0 Å². The molecule has 0 spiro atoms. The molecule has 14 heavy (non-hydrogen) atoms. The van der Waals surface area contributed by atoms with E-state index in [0.717, 1.165) is 32.2 Å². The van der Waals surface area contributed by atoms with Gasteiger partial charge in [-0.3, -0.25) is 0 Å². The SMILES string of the molecule is CC(NCCOCCN(C)C)C1CC1. The average molecular weight is 200 g/mol. The third-order valence-electron chi connectivity index (χ3n) is 2.72. The lowest BCUT2D eigenvalue weighted by molar-refractivity contribution is 0.117. The maximum absolute atomic E-state index is 5.49. The van der Waals surface area contributed by atoms with Gasteiger partial charge in [0.1, 0.15) is 0 Å². The van der Waals surface area contributed by atoms with Crippen LogP contribution in [0.4, 0.5) is 0 Å². The van der Waals surface area contributed by atoms with E-state index in [1.165, 1.54) is 12.8 Å². The van der Waals surface area contributed by atoms with Crippen molar-refractivity contribution in [3.05, 3.63) is 0 Å². The minimum atomic E-state index is 0.687. The number of rotatable bonds is 8. The zero-order valence-electron chi connectivity index (χ0n) is 9.75.